The Labute approximate surface area is 139 Å². The van der Waals surface area contributed by atoms with Crippen LogP contribution < -0.4 is 4.74 Å². The van der Waals surface area contributed by atoms with Crippen molar-refractivity contribution in [1.82, 2.24) is 0 Å². The van der Waals surface area contributed by atoms with Crippen LogP contribution in [-0.2, 0) is 11.2 Å². The van der Waals surface area contributed by atoms with Crippen molar-refractivity contribution in [2.24, 2.45) is 0 Å². The van der Waals surface area contributed by atoms with Crippen molar-refractivity contribution in [3.8, 4) is 5.75 Å². The molecule has 0 aliphatic carbocycles. The van der Waals surface area contributed by atoms with Crippen LogP contribution >= 0.6 is 15.9 Å². The van der Waals surface area contributed by atoms with E-state index in [9.17, 15) is 4.79 Å². The molecule has 0 heterocycles. The molecule has 0 aliphatic rings. The third-order valence-electron chi connectivity index (χ3n) is 3.61. The van der Waals surface area contributed by atoms with Crippen LogP contribution in [0.2, 0.25) is 0 Å². The molecular weight excluding hydrogens is 344 g/mol. The molecule has 4 heteroatoms. The second kappa shape index (κ2) is 7.99. The molecule has 22 heavy (non-hydrogen) atoms. The first-order chi connectivity index (χ1) is 10.7. The fourth-order valence-corrected chi connectivity index (χ4v) is 2.63. The summed E-state index contributed by atoms with van der Waals surface area (Å²) >= 11 is 3.29. The van der Waals surface area contributed by atoms with E-state index in [-0.39, 0.29) is 5.97 Å². The zero-order chi connectivity index (χ0) is 15.9. The highest BCUT2D eigenvalue weighted by Gasteiger charge is 2.12. The van der Waals surface area contributed by atoms with Crippen molar-refractivity contribution in [3.05, 3.63) is 65.2 Å². The van der Waals surface area contributed by atoms with Gasteiger partial charge in [0.25, 0.3) is 0 Å². The van der Waals surface area contributed by atoms with E-state index in [1.165, 1.54) is 18.2 Å². The number of halogens is 1. The van der Waals surface area contributed by atoms with Gasteiger partial charge in [-0.2, -0.15) is 0 Å². The number of hydrogen-bond acceptors (Lipinski definition) is 3. The van der Waals surface area contributed by atoms with Gasteiger partial charge in [-0.1, -0.05) is 37.3 Å². The summed E-state index contributed by atoms with van der Waals surface area (Å²) in [5.41, 5.74) is 3.40. The molecule has 0 spiro atoms. The summed E-state index contributed by atoms with van der Waals surface area (Å²) in [7, 11) is 1.39. The minimum absolute atomic E-state index is 0.310. The van der Waals surface area contributed by atoms with Crippen molar-refractivity contribution >= 4 is 21.9 Å². The van der Waals surface area contributed by atoms with Crippen LogP contribution in [0.5, 0.6) is 5.75 Å². The Morgan fingerprint density at radius 3 is 2.45 bits per heavy atom. The number of ether oxygens (including phenoxy) is 2. The topological polar surface area (TPSA) is 35.5 Å². The van der Waals surface area contributed by atoms with E-state index < -0.39 is 0 Å². The van der Waals surface area contributed by atoms with Crippen LogP contribution in [0, 0.1) is 0 Å². The maximum absolute atomic E-state index is 11.5. The molecule has 3 nitrogen and oxygen atoms in total. The van der Waals surface area contributed by atoms with Crippen LogP contribution in [0.1, 0.15) is 34.3 Å². The van der Waals surface area contributed by atoms with Crippen LogP contribution in [0.15, 0.2) is 48.5 Å². The first-order valence-electron chi connectivity index (χ1n) is 7.10. The van der Waals surface area contributed by atoms with Gasteiger partial charge in [-0.15, -0.1) is 0 Å². The van der Waals surface area contributed by atoms with Gasteiger partial charge in [0.15, 0.2) is 0 Å². The van der Waals surface area contributed by atoms with Crippen LogP contribution in [0.4, 0.5) is 0 Å². The summed E-state index contributed by atoms with van der Waals surface area (Å²) in [4.78, 5) is 11.5. The zero-order valence-corrected chi connectivity index (χ0v) is 14.3. The highest BCUT2D eigenvalue weighted by Crippen LogP contribution is 2.27. The lowest BCUT2D eigenvalue weighted by atomic mass is 9.93. The second-order valence-corrected chi connectivity index (χ2v) is 5.54. The first-order valence-corrected chi connectivity index (χ1v) is 8.22. The molecule has 2 aromatic rings. The minimum atomic E-state index is -0.310. The molecule has 0 aliphatic heterocycles. The monoisotopic (exact) mass is 362 g/mol. The van der Waals surface area contributed by atoms with Crippen molar-refractivity contribution in [1.29, 1.82) is 0 Å². The van der Waals surface area contributed by atoms with Gasteiger partial charge >= 0.3 is 5.97 Å². The molecule has 2 aromatic carbocycles. The van der Waals surface area contributed by atoms with Crippen LogP contribution in [-0.4, -0.2) is 18.6 Å². The number of esters is 1. The second-order valence-electron chi connectivity index (χ2n) is 5.08. The number of hydrogen-bond donors (Lipinski definition) is 0. The number of methoxy groups -OCH3 is 1. The number of rotatable bonds is 6. The third-order valence-corrected chi connectivity index (χ3v) is 3.84. The molecule has 0 N–H and O–H groups in total. The number of carbonyl (C=O) groups is 1. The largest absolute Gasteiger partial charge is 0.482 e. The Bertz CT molecular complexity index is 622. The molecular formula is C18H19BrO3. The summed E-state index contributed by atoms with van der Waals surface area (Å²) in [6.07, 6.45) is 0.876. The van der Waals surface area contributed by atoms with E-state index in [1.807, 2.05) is 30.3 Å². The predicted octanol–water partition coefficient (Wildman–Crippen LogP) is 4.55. The van der Waals surface area contributed by atoms with Gasteiger partial charge in [0.2, 0.25) is 0 Å². The maximum atomic E-state index is 11.5. The Kier molecular flexibility index (Phi) is 6.01. The zero-order valence-electron chi connectivity index (χ0n) is 12.7. The van der Waals surface area contributed by atoms with Crippen molar-refractivity contribution in [3.63, 3.8) is 0 Å². The molecule has 0 aromatic heterocycles. The fourth-order valence-electron chi connectivity index (χ4n) is 2.39. The van der Waals surface area contributed by atoms with E-state index >= 15 is 0 Å². The lowest BCUT2D eigenvalue weighted by Crippen LogP contribution is -2.04. The Balaban J connectivity index is 2.12. The molecule has 1 unspecified atom stereocenters. The van der Waals surface area contributed by atoms with E-state index in [0.717, 1.165) is 12.2 Å². The van der Waals surface area contributed by atoms with E-state index in [0.29, 0.717) is 17.0 Å². The predicted molar refractivity (Wildman–Crippen MR) is 90.8 cm³/mol. The molecule has 0 radical (unpaired) electrons. The molecule has 116 valence electrons. The van der Waals surface area contributed by atoms with E-state index in [1.54, 1.807) is 12.1 Å². The number of para-hydroxylation sites is 1. The normalized spacial score (nSPS) is 11.8. The molecule has 0 fully saturated rings. The van der Waals surface area contributed by atoms with Crippen LogP contribution in [0.3, 0.4) is 0 Å². The lowest BCUT2D eigenvalue weighted by molar-refractivity contribution is 0.0600. The van der Waals surface area contributed by atoms with Crippen molar-refractivity contribution < 1.29 is 14.3 Å². The summed E-state index contributed by atoms with van der Waals surface area (Å²) < 4.78 is 10.3. The molecule has 0 bridgehead atoms. The summed E-state index contributed by atoms with van der Waals surface area (Å²) in [6.45, 7) is 2.16. The van der Waals surface area contributed by atoms with Gasteiger partial charge < -0.3 is 9.47 Å². The Morgan fingerprint density at radius 1 is 1.14 bits per heavy atom. The summed E-state index contributed by atoms with van der Waals surface area (Å²) in [5.74, 6) is 0.916. The molecule has 0 amide bonds. The summed E-state index contributed by atoms with van der Waals surface area (Å²) in [6, 6.07) is 15.6. The number of carbonyl (C=O) groups excluding carboxylic acids is 1. The van der Waals surface area contributed by atoms with Crippen molar-refractivity contribution in [2.45, 2.75) is 19.3 Å². The third kappa shape index (κ3) is 4.10. The number of alkyl halides is 1. The van der Waals surface area contributed by atoms with Gasteiger partial charge in [-0.05, 0) is 57.6 Å². The van der Waals surface area contributed by atoms with Crippen molar-refractivity contribution in [2.75, 3.05) is 12.6 Å². The Morgan fingerprint density at radius 2 is 1.82 bits per heavy atom. The van der Waals surface area contributed by atoms with Gasteiger partial charge in [-0.3, -0.25) is 0 Å². The molecule has 0 saturated carbocycles. The molecule has 2 rings (SSSR count). The summed E-state index contributed by atoms with van der Waals surface area (Å²) in [5, 5.41) is 0. The van der Waals surface area contributed by atoms with Gasteiger partial charge in [0.05, 0.1) is 12.7 Å². The fraction of sp³-hybridized carbons (Fsp3) is 0.278. The SMILES string of the molecule is COC(=O)c1ccc(C(C)Cc2ccccc2OCBr)cc1. The van der Waals surface area contributed by atoms with E-state index in [4.69, 9.17) is 9.47 Å². The quantitative estimate of drug-likeness (QED) is 0.558. The van der Waals surface area contributed by atoms with E-state index in [2.05, 4.69) is 28.9 Å². The maximum Gasteiger partial charge on any atom is 0.337 e. The lowest BCUT2D eigenvalue weighted by Gasteiger charge is -2.15. The molecule has 0 saturated heterocycles. The average Bonchev–Trinajstić information content (AvgIpc) is 2.56. The Hall–Kier alpha value is -1.81. The highest BCUT2D eigenvalue weighted by molar-refractivity contribution is 9.09. The van der Waals surface area contributed by atoms with Gasteiger partial charge in [0.1, 0.15) is 11.3 Å². The van der Waals surface area contributed by atoms with Gasteiger partial charge in [0, 0.05) is 0 Å². The first kappa shape index (κ1) is 16.6. The minimum Gasteiger partial charge on any atom is -0.482 e. The highest BCUT2D eigenvalue weighted by atomic mass is 79.9. The number of benzene rings is 2. The molecule has 1 atom stereocenters. The van der Waals surface area contributed by atoms with Crippen LogP contribution in [0.25, 0.3) is 0 Å². The smallest absolute Gasteiger partial charge is 0.337 e. The van der Waals surface area contributed by atoms with Gasteiger partial charge in [-0.25, -0.2) is 4.79 Å². The average molecular weight is 363 g/mol. The standard InChI is InChI=1S/C18H19BrO3/c1-13(11-16-5-3-4-6-17(16)22-12-19)14-7-9-15(10-8-14)18(20)21-2/h3-10,13H,11-12H2,1-2H3.